The van der Waals surface area contributed by atoms with Gasteiger partial charge in [-0.1, -0.05) is 13.8 Å². The highest BCUT2D eigenvalue weighted by atomic mass is 32.1. The van der Waals surface area contributed by atoms with Crippen molar-refractivity contribution in [3.8, 4) is 0 Å². The van der Waals surface area contributed by atoms with Gasteiger partial charge in [-0.15, -0.1) is 11.3 Å². The highest BCUT2D eigenvalue weighted by molar-refractivity contribution is 7.19. The van der Waals surface area contributed by atoms with Crippen molar-refractivity contribution in [2.45, 2.75) is 32.7 Å². The minimum absolute atomic E-state index is 0.0634. The number of thiophene rings is 1. The number of carbonyl (C=O) groups excluding carboxylic acids is 2. The number of carbonyl (C=O) groups is 2. The van der Waals surface area contributed by atoms with E-state index in [9.17, 15) is 9.59 Å². The van der Waals surface area contributed by atoms with Gasteiger partial charge >= 0.3 is 0 Å². The summed E-state index contributed by atoms with van der Waals surface area (Å²) in [4.78, 5) is 22.8. The van der Waals surface area contributed by atoms with Gasteiger partial charge in [-0.3, -0.25) is 9.59 Å². The topological polar surface area (TPSA) is 124 Å². The summed E-state index contributed by atoms with van der Waals surface area (Å²) in [7, 11) is 0. The van der Waals surface area contributed by atoms with E-state index in [0.717, 1.165) is 24.2 Å². The molecule has 0 atom stereocenters. The van der Waals surface area contributed by atoms with Crippen LogP contribution < -0.4 is 22.5 Å². The zero-order valence-electron chi connectivity index (χ0n) is 10.4. The van der Waals surface area contributed by atoms with Gasteiger partial charge in [0.15, 0.2) is 0 Å². The van der Waals surface area contributed by atoms with E-state index < -0.39 is 11.8 Å². The zero-order chi connectivity index (χ0) is 13.9. The van der Waals surface area contributed by atoms with Gasteiger partial charge in [0.25, 0.3) is 11.8 Å². The first-order chi connectivity index (χ1) is 8.42. The Morgan fingerprint density at radius 2 is 1.78 bits per heavy atom. The lowest BCUT2D eigenvalue weighted by Crippen LogP contribution is -2.20. The number of nitrogens with one attached hydrogen (secondary N) is 1. The van der Waals surface area contributed by atoms with Gasteiger partial charge < -0.3 is 22.5 Å². The Balaban J connectivity index is 3.21. The fraction of sp³-hybridized carbons (Fsp3) is 0.455. The van der Waals surface area contributed by atoms with Crippen molar-refractivity contribution in [1.82, 2.24) is 0 Å². The maximum Gasteiger partial charge on any atom is 0.260 e. The van der Waals surface area contributed by atoms with Crippen molar-refractivity contribution in [2.75, 3.05) is 11.1 Å². The molecule has 0 saturated heterocycles. The fourth-order valence-electron chi connectivity index (χ4n) is 1.65. The number of hydrogen-bond donors (Lipinski definition) is 4. The summed E-state index contributed by atoms with van der Waals surface area (Å²) in [5.74, 6) is -1.32. The summed E-state index contributed by atoms with van der Waals surface area (Å²) in [6.07, 6.45) is 1.77. The number of rotatable bonds is 6. The van der Waals surface area contributed by atoms with Gasteiger partial charge in [0, 0.05) is 6.04 Å². The average Bonchev–Trinajstić information content (AvgIpc) is 2.63. The van der Waals surface area contributed by atoms with Crippen molar-refractivity contribution in [1.29, 1.82) is 0 Å². The van der Waals surface area contributed by atoms with Gasteiger partial charge in [0.2, 0.25) is 0 Å². The van der Waals surface area contributed by atoms with Crippen LogP contribution in [0.2, 0.25) is 0 Å². The molecular weight excluding hydrogens is 252 g/mol. The first-order valence-electron chi connectivity index (χ1n) is 5.70. The predicted molar refractivity (Wildman–Crippen MR) is 73.8 cm³/mol. The molecule has 0 fully saturated rings. The third-order valence-electron chi connectivity index (χ3n) is 2.74. The Morgan fingerprint density at radius 3 is 2.17 bits per heavy atom. The minimum Gasteiger partial charge on any atom is -0.397 e. The standard InChI is InChI=1S/C11H18N4O2S/c1-3-5(4-2)15-11-6(9(13)16)7(12)8(18-11)10(14)17/h5,15H,3-4,12H2,1-2H3,(H2,13,16)(H2,14,17). The molecule has 7 N–H and O–H groups in total. The van der Waals surface area contributed by atoms with Crippen molar-refractivity contribution >= 4 is 33.8 Å². The van der Waals surface area contributed by atoms with Crippen molar-refractivity contribution in [2.24, 2.45) is 11.5 Å². The van der Waals surface area contributed by atoms with Crippen LogP contribution in [0, 0.1) is 0 Å². The predicted octanol–water partition coefficient (Wildman–Crippen LogP) is 1.13. The summed E-state index contributed by atoms with van der Waals surface area (Å²) < 4.78 is 0. The second kappa shape index (κ2) is 5.72. The highest BCUT2D eigenvalue weighted by Crippen LogP contribution is 2.35. The SMILES string of the molecule is CCC(CC)Nc1sc(C(N)=O)c(N)c1C(N)=O. The van der Waals surface area contributed by atoms with Gasteiger partial charge in [-0.25, -0.2) is 0 Å². The van der Waals surface area contributed by atoms with Crippen LogP contribution in [0.4, 0.5) is 10.7 Å². The molecule has 0 aliphatic carbocycles. The molecule has 6 nitrogen and oxygen atoms in total. The average molecular weight is 270 g/mol. The van der Waals surface area contributed by atoms with E-state index in [4.69, 9.17) is 17.2 Å². The third kappa shape index (κ3) is 2.73. The number of nitrogens with two attached hydrogens (primary N) is 3. The lowest BCUT2D eigenvalue weighted by Gasteiger charge is -2.15. The Labute approximate surface area is 110 Å². The van der Waals surface area contributed by atoms with Crippen molar-refractivity contribution in [3.05, 3.63) is 10.4 Å². The van der Waals surface area contributed by atoms with E-state index in [0.29, 0.717) is 5.00 Å². The molecule has 1 heterocycles. The van der Waals surface area contributed by atoms with E-state index in [-0.39, 0.29) is 22.2 Å². The summed E-state index contributed by atoms with van der Waals surface area (Å²) in [5, 5.41) is 3.69. The molecule has 1 aromatic rings. The minimum atomic E-state index is -0.662. The molecule has 0 aliphatic heterocycles. The molecule has 0 aromatic carbocycles. The summed E-state index contributed by atoms with van der Waals surface area (Å²) in [6, 6.07) is 0.196. The molecule has 2 amide bonds. The van der Waals surface area contributed by atoms with Gasteiger partial charge in [0.1, 0.15) is 9.88 Å². The molecule has 0 spiro atoms. The monoisotopic (exact) mass is 270 g/mol. The number of anilines is 2. The molecule has 0 radical (unpaired) electrons. The lowest BCUT2D eigenvalue weighted by atomic mass is 10.1. The molecule has 1 rings (SSSR count). The maximum atomic E-state index is 11.4. The Hall–Kier alpha value is -1.76. The normalized spacial score (nSPS) is 10.6. The summed E-state index contributed by atoms with van der Waals surface area (Å²) in [6.45, 7) is 4.05. The van der Waals surface area contributed by atoms with Crippen LogP contribution in [0.25, 0.3) is 0 Å². The third-order valence-corrected chi connectivity index (χ3v) is 3.89. The van der Waals surface area contributed by atoms with Gasteiger partial charge in [-0.2, -0.15) is 0 Å². The molecule has 0 unspecified atom stereocenters. The quantitative estimate of drug-likeness (QED) is 0.618. The van der Waals surface area contributed by atoms with Crippen LogP contribution in [0.3, 0.4) is 0 Å². The Morgan fingerprint density at radius 1 is 1.22 bits per heavy atom. The lowest BCUT2D eigenvalue weighted by molar-refractivity contribution is 0.0999. The fourth-order valence-corrected chi connectivity index (χ4v) is 2.71. The largest absolute Gasteiger partial charge is 0.397 e. The molecule has 0 bridgehead atoms. The van der Waals surface area contributed by atoms with E-state index in [1.54, 1.807) is 0 Å². The second-order valence-corrected chi connectivity index (χ2v) is 4.96. The summed E-state index contributed by atoms with van der Waals surface area (Å²) in [5.41, 5.74) is 16.4. The first kappa shape index (κ1) is 14.3. The molecule has 18 heavy (non-hydrogen) atoms. The first-order valence-corrected chi connectivity index (χ1v) is 6.52. The van der Waals surface area contributed by atoms with Crippen LogP contribution >= 0.6 is 11.3 Å². The number of amides is 2. The molecule has 0 aliphatic rings. The molecule has 7 heteroatoms. The van der Waals surface area contributed by atoms with E-state index in [1.807, 2.05) is 13.8 Å². The van der Waals surface area contributed by atoms with Crippen LogP contribution in [0.15, 0.2) is 0 Å². The van der Waals surface area contributed by atoms with Crippen LogP contribution in [0.5, 0.6) is 0 Å². The number of hydrogen-bond acceptors (Lipinski definition) is 5. The maximum absolute atomic E-state index is 11.4. The summed E-state index contributed by atoms with van der Waals surface area (Å²) >= 11 is 1.07. The highest BCUT2D eigenvalue weighted by Gasteiger charge is 2.23. The number of primary amides is 2. The van der Waals surface area contributed by atoms with E-state index in [1.165, 1.54) is 0 Å². The number of nitrogen functional groups attached to an aromatic ring is 1. The Kier molecular flexibility index (Phi) is 4.55. The van der Waals surface area contributed by atoms with Crippen LogP contribution in [-0.4, -0.2) is 17.9 Å². The molecule has 100 valence electrons. The molecular formula is C11H18N4O2S. The second-order valence-electron chi connectivity index (χ2n) is 3.94. The van der Waals surface area contributed by atoms with Crippen LogP contribution in [-0.2, 0) is 0 Å². The van der Waals surface area contributed by atoms with Crippen molar-refractivity contribution in [3.63, 3.8) is 0 Å². The van der Waals surface area contributed by atoms with E-state index in [2.05, 4.69) is 5.32 Å². The molecule has 0 saturated carbocycles. The van der Waals surface area contributed by atoms with Crippen molar-refractivity contribution < 1.29 is 9.59 Å². The smallest absolute Gasteiger partial charge is 0.260 e. The van der Waals surface area contributed by atoms with E-state index >= 15 is 0 Å². The Bertz CT molecular complexity index is 466. The van der Waals surface area contributed by atoms with Gasteiger partial charge in [-0.05, 0) is 12.8 Å². The van der Waals surface area contributed by atoms with Gasteiger partial charge in [0.05, 0.1) is 11.3 Å². The molecule has 1 aromatic heterocycles. The van der Waals surface area contributed by atoms with Crippen LogP contribution in [0.1, 0.15) is 46.7 Å². The zero-order valence-corrected chi connectivity index (χ0v) is 11.3.